The van der Waals surface area contributed by atoms with Crippen LogP contribution in [0.15, 0.2) is 36.7 Å². The van der Waals surface area contributed by atoms with Gasteiger partial charge in [-0.05, 0) is 37.0 Å². The largest absolute Gasteiger partial charge is 0.352 e. The topological polar surface area (TPSA) is 66.9 Å². The van der Waals surface area contributed by atoms with Crippen molar-refractivity contribution in [1.82, 2.24) is 15.3 Å². The molecule has 1 fully saturated rings. The molecule has 5 nitrogen and oxygen atoms in total. The lowest BCUT2D eigenvalue weighted by molar-refractivity contribution is 0.0953. The monoisotopic (exact) mass is 380 g/mol. The summed E-state index contributed by atoms with van der Waals surface area (Å²) in [5, 5.41) is 6.43. The molecule has 150 valence electrons. The van der Waals surface area contributed by atoms with Gasteiger partial charge in [-0.3, -0.25) is 4.79 Å². The second kappa shape index (κ2) is 10.8. The van der Waals surface area contributed by atoms with Gasteiger partial charge in [0.1, 0.15) is 0 Å². The Labute approximate surface area is 168 Å². The van der Waals surface area contributed by atoms with Crippen molar-refractivity contribution in [3.63, 3.8) is 0 Å². The van der Waals surface area contributed by atoms with Crippen LogP contribution in [-0.4, -0.2) is 28.5 Å². The summed E-state index contributed by atoms with van der Waals surface area (Å²) in [6.07, 6.45) is 14.6. The van der Waals surface area contributed by atoms with Crippen LogP contribution in [-0.2, 0) is 0 Å². The Bertz CT molecular complexity index is 721. The van der Waals surface area contributed by atoms with Gasteiger partial charge in [-0.1, -0.05) is 57.6 Å². The fourth-order valence-corrected chi connectivity index (χ4v) is 3.65. The summed E-state index contributed by atoms with van der Waals surface area (Å²) < 4.78 is 0. The normalized spacial score (nSPS) is 14.6. The number of amides is 1. The fourth-order valence-electron chi connectivity index (χ4n) is 3.65. The summed E-state index contributed by atoms with van der Waals surface area (Å²) >= 11 is 0. The molecule has 0 aliphatic heterocycles. The van der Waals surface area contributed by atoms with E-state index < -0.39 is 0 Å². The first-order valence-corrected chi connectivity index (χ1v) is 10.7. The van der Waals surface area contributed by atoms with Gasteiger partial charge in [0.25, 0.3) is 5.91 Å². The van der Waals surface area contributed by atoms with Crippen LogP contribution in [0.4, 0.5) is 5.95 Å². The molecule has 0 unspecified atom stereocenters. The third kappa shape index (κ3) is 6.04. The third-order valence-corrected chi connectivity index (χ3v) is 5.39. The van der Waals surface area contributed by atoms with Crippen LogP contribution >= 0.6 is 0 Å². The molecule has 5 heteroatoms. The number of hydrogen-bond acceptors (Lipinski definition) is 4. The number of carbonyl (C=O) groups excluding carboxylic acids is 1. The number of carbonyl (C=O) groups is 1. The number of hydrogen-bond donors (Lipinski definition) is 2. The van der Waals surface area contributed by atoms with Crippen LogP contribution in [0.1, 0.15) is 75.1 Å². The highest BCUT2D eigenvalue weighted by atomic mass is 16.1. The first-order chi connectivity index (χ1) is 13.8. The first-order valence-electron chi connectivity index (χ1n) is 10.7. The van der Waals surface area contributed by atoms with Crippen molar-refractivity contribution in [2.45, 2.75) is 70.8 Å². The highest BCUT2D eigenvalue weighted by Crippen LogP contribution is 2.22. The molecular weight excluding hydrogens is 348 g/mol. The van der Waals surface area contributed by atoms with E-state index in [4.69, 9.17) is 0 Å². The number of nitrogens with zero attached hydrogens (tertiary/aromatic N) is 2. The third-order valence-electron chi connectivity index (χ3n) is 5.39. The Balaban J connectivity index is 1.52. The molecule has 1 aromatic heterocycles. The Morgan fingerprint density at radius 1 is 0.964 bits per heavy atom. The molecule has 2 aromatic rings. The highest BCUT2D eigenvalue weighted by Gasteiger charge is 2.14. The van der Waals surface area contributed by atoms with Crippen molar-refractivity contribution >= 4 is 11.9 Å². The van der Waals surface area contributed by atoms with E-state index in [-0.39, 0.29) is 5.91 Å². The molecule has 0 radical (unpaired) electrons. The van der Waals surface area contributed by atoms with Crippen molar-refractivity contribution in [3.05, 3.63) is 42.2 Å². The van der Waals surface area contributed by atoms with E-state index in [1.807, 2.05) is 36.7 Å². The zero-order valence-electron chi connectivity index (χ0n) is 16.9. The Kier molecular flexibility index (Phi) is 7.82. The van der Waals surface area contributed by atoms with E-state index in [1.165, 1.54) is 51.4 Å². The maximum absolute atomic E-state index is 12.2. The number of benzene rings is 1. The number of unbranched alkanes of at least 4 members (excludes halogenated alkanes) is 3. The average molecular weight is 381 g/mol. The predicted molar refractivity (Wildman–Crippen MR) is 114 cm³/mol. The molecule has 28 heavy (non-hydrogen) atoms. The van der Waals surface area contributed by atoms with Crippen LogP contribution in [0.3, 0.4) is 0 Å². The number of anilines is 1. The van der Waals surface area contributed by atoms with Gasteiger partial charge in [-0.25, -0.2) is 9.97 Å². The molecule has 0 bridgehead atoms. The summed E-state index contributed by atoms with van der Waals surface area (Å²) in [5.41, 5.74) is 2.67. The second-order valence-electron chi connectivity index (χ2n) is 7.67. The molecule has 1 aliphatic rings. The molecular formula is C23H32N4O. The van der Waals surface area contributed by atoms with Crippen molar-refractivity contribution in [3.8, 4) is 11.1 Å². The standard InChI is InChI=1S/C23H32N4O/c1-2-3-4-8-15-24-22(28)19-13-11-18(12-14-19)20-16-25-23(26-17-20)27-21-9-6-5-7-10-21/h11-14,16-17,21H,2-10,15H2,1H3,(H,24,28)(H,25,26,27). The van der Waals surface area contributed by atoms with Crippen LogP contribution in [0.2, 0.25) is 0 Å². The van der Waals surface area contributed by atoms with E-state index in [0.29, 0.717) is 17.6 Å². The summed E-state index contributed by atoms with van der Waals surface area (Å²) in [6, 6.07) is 8.15. The summed E-state index contributed by atoms with van der Waals surface area (Å²) in [6.45, 7) is 2.93. The van der Waals surface area contributed by atoms with Crippen LogP contribution < -0.4 is 10.6 Å². The van der Waals surface area contributed by atoms with E-state index >= 15 is 0 Å². The quantitative estimate of drug-likeness (QED) is 0.587. The fraction of sp³-hybridized carbons (Fsp3) is 0.522. The molecule has 1 heterocycles. The predicted octanol–water partition coefficient (Wildman–Crippen LogP) is 5.20. The smallest absolute Gasteiger partial charge is 0.251 e. The molecule has 0 saturated heterocycles. The molecule has 1 aromatic carbocycles. The molecule has 0 spiro atoms. The SMILES string of the molecule is CCCCCCNC(=O)c1ccc(-c2cnc(NC3CCCCC3)nc2)cc1. The minimum absolute atomic E-state index is 0.00803. The average Bonchev–Trinajstić information content (AvgIpc) is 2.75. The van der Waals surface area contributed by atoms with Gasteiger partial charge < -0.3 is 10.6 Å². The number of nitrogens with one attached hydrogen (secondary N) is 2. The Morgan fingerprint density at radius 2 is 1.68 bits per heavy atom. The molecule has 1 aliphatic carbocycles. The summed E-state index contributed by atoms with van der Waals surface area (Å²) in [7, 11) is 0. The van der Waals surface area contributed by atoms with Crippen molar-refractivity contribution < 1.29 is 4.79 Å². The molecule has 1 amide bonds. The van der Waals surface area contributed by atoms with E-state index in [9.17, 15) is 4.79 Å². The van der Waals surface area contributed by atoms with Gasteiger partial charge in [0.05, 0.1) is 0 Å². The van der Waals surface area contributed by atoms with Crippen molar-refractivity contribution in [2.24, 2.45) is 0 Å². The number of aromatic nitrogens is 2. The number of rotatable bonds is 9. The van der Waals surface area contributed by atoms with Crippen LogP contribution in [0, 0.1) is 0 Å². The Morgan fingerprint density at radius 3 is 2.36 bits per heavy atom. The molecule has 2 N–H and O–H groups in total. The van der Waals surface area contributed by atoms with Gasteiger partial charge in [0, 0.05) is 36.1 Å². The molecule has 0 atom stereocenters. The maximum Gasteiger partial charge on any atom is 0.251 e. The van der Waals surface area contributed by atoms with Crippen LogP contribution in [0.5, 0.6) is 0 Å². The van der Waals surface area contributed by atoms with Gasteiger partial charge >= 0.3 is 0 Å². The van der Waals surface area contributed by atoms with Gasteiger partial charge in [0.2, 0.25) is 5.95 Å². The Hall–Kier alpha value is -2.43. The van der Waals surface area contributed by atoms with Crippen molar-refractivity contribution in [2.75, 3.05) is 11.9 Å². The van der Waals surface area contributed by atoms with Crippen molar-refractivity contribution in [1.29, 1.82) is 0 Å². The zero-order valence-corrected chi connectivity index (χ0v) is 16.9. The second-order valence-corrected chi connectivity index (χ2v) is 7.67. The molecule has 3 rings (SSSR count). The van der Waals surface area contributed by atoms with Gasteiger partial charge in [-0.15, -0.1) is 0 Å². The van der Waals surface area contributed by atoms with Crippen LogP contribution in [0.25, 0.3) is 11.1 Å². The zero-order chi connectivity index (χ0) is 19.6. The first kappa shape index (κ1) is 20.3. The minimum Gasteiger partial charge on any atom is -0.352 e. The lowest BCUT2D eigenvalue weighted by Gasteiger charge is -2.22. The van der Waals surface area contributed by atoms with E-state index in [0.717, 1.165) is 24.1 Å². The summed E-state index contributed by atoms with van der Waals surface area (Å²) in [4.78, 5) is 21.2. The highest BCUT2D eigenvalue weighted by molar-refractivity contribution is 5.94. The van der Waals surface area contributed by atoms with E-state index in [2.05, 4.69) is 27.5 Å². The molecule has 1 saturated carbocycles. The lowest BCUT2D eigenvalue weighted by atomic mass is 9.96. The maximum atomic E-state index is 12.2. The summed E-state index contributed by atoms with van der Waals surface area (Å²) in [5.74, 6) is 0.695. The lowest BCUT2D eigenvalue weighted by Crippen LogP contribution is -2.24. The minimum atomic E-state index is -0.00803. The van der Waals surface area contributed by atoms with Gasteiger partial charge in [-0.2, -0.15) is 0 Å². The van der Waals surface area contributed by atoms with E-state index in [1.54, 1.807) is 0 Å². The van der Waals surface area contributed by atoms with Gasteiger partial charge in [0.15, 0.2) is 0 Å².